The molecule has 1 N–H and O–H groups in total. The van der Waals surface area contributed by atoms with Gasteiger partial charge in [0, 0.05) is 43.7 Å². The number of hydrogen-bond donors (Lipinski definition) is 1. The van der Waals surface area contributed by atoms with Crippen molar-refractivity contribution in [3.8, 4) is 0 Å². The van der Waals surface area contributed by atoms with Crippen molar-refractivity contribution in [2.24, 2.45) is 0 Å². The minimum atomic E-state index is -3.75. The van der Waals surface area contributed by atoms with Crippen molar-refractivity contribution in [2.75, 3.05) is 24.8 Å². The lowest BCUT2D eigenvalue weighted by Crippen LogP contribution is -2.17. The normalized spacial score (nSPS) is 11.5. The first-order valence-electron chi connectivity index (χ1n) is 9.54. The summed E-state index contributed by atoms with van der Waals surface area (Å²) in [6.07, 6.45) is 1.61. The number of nitro benzene ring substituents is 1. The maximum Gasteiger partial charge on any atom is 0.271 e. The number of benzene rings is 2. The molecule has 0 atom stereocenters. The van der Waals surface area contributed by atoms with Crippen LogP contribution in [0.15, 0.2) is 47.4 Å². The summed E-state index contributed by atoms with van der Waals surface area (Å²) >= 11 is 0. The molecule has 10 nitrogen and oxygen atoms in total. The molecular formula is C20H22N4O6S. The molecule has 0 unspecified atom stereocenters. The summed E-state index contributed by atoms with van der Waals surface area (Å²) in [4.78, 5) is 27.5. The number of nitro groups is 1. The zero-order valence-corrected chi connectivity index (χ0v) is 17.9. The van der Waals surface area contributed by atoms with Crippen molar-refractivity contribution in [3.05, 3.63) is 58.1 Å². The highest BCUT2D eigenvalue weighted by Crippen LogP contribution is 2.24. The van der Waals surface area contributed by atoms with Crippen LogP contribution in [0.5, 0.6) is 0 Å². The van der Waals surface area contributed by atoms with Gasteiger partial charge in [0.05, 0.1) is 20.9 Å². The molecule has 3 rings (SSSR count). The second-order valence-corrected chi connectivity index (χ2v) is 8.84. The Labute approximate surface area is 178 Å². The summed E-state index contributed by atoms with van der Waals surface area (Å²) in [6, 6.07) is 10.4. The van der Waals surface area contributed by atoms with E-state index in [1.165, 1.54) is 0 Å². The number of carbonyl (C=O) groups excluding carboxylic acids is 1. The topological polar surface area (TPSA) is 133 Å². The summed E-state index contributed by atoms with van der Waals surface area (Å²) in [6.45, 7) is 3.57. The van der Waals surface area contributed by atoms with E-state index in [2.05, 4.69) is 10.3 Å². The molecule has 11 heteroatoms. The first-order valence-corrected chi connectivity index (χ1v) is 11.4. The number of nitrogens with one attached hydrogen (secondary N) is 1. The fourth-order valence-corrected chi connectivity index (χ4v) is 3.75. The van der Waals surface area contributed by atoms with Crippen LogP contribution in [0.25, 0.3) is 11.0 Å². The van der Waals surface area contributed by atoms with Gasteiger partial charge in [-0.05, 0) is 31.5 Å². The van der Waals surface area contributed by atoms with Gasteiger partial charge < -0.3 is 9.30 Å². The molecule has 0 saturated heterocycles. The third kappa shape index (κ3) is 5.25. The van der Waals surface area contributed by atoms with Crippen molar-refractivity contribution >= 4 is 38.4 Å². The molecular weight excluding hydrogens is 424 g/mol. The Hall–Kier alpha value is -3.31. The van der Waals surface area contributed by atoms with E-state index in [0.717, 1.165) is 30.0 Å². The van der Waals surface area contributed by atoms with Crippen molar-refractivity contribution in [1.29, 1.82) is 0 Å². The Balaban J connectivity index is 1.96. The van der Waals surface area contributed by atoms with Crippen molar-refractivity contribution in [1.82, 2.24) is 9.55 Å². The highest BCUT2D eigenvalue weighted by atomic mass is 32.2. The minimum Gasteiger partial charge on any atom is -0.382 e. The molecule has 0 bridgehead atoms. The average Bonchev–Trinajstić information content (AvgIpc) is 3.07. The monoisotopic (exact) mass is 446 g/mol. The van der Waals surface area contributed by atoms with Crippen molar-refractivity contribution in [2.45, 2.75) is 24.8 Å². The number of carbonyl (C=O) groups is 1. The average molecular weight is 446 g/mol. The van der Waals surface area contributed by atoms with Crippen LogP contribution in [-0.2, 0) is 21.1 Å². The number of nitrogens with zero attached hydrogens (tertiary/aromatic N) is 3. The molecule has 3 aromatic rings. The van der Waals surface area contributed by atoms with Crippen LogP contribution in [0.4, 0.5) is 11.6 Å². The van der Waals surface area contributed by atoms with Crippen LogP contribution < -0.4 is 5.32 Å². The molecule has 164 valence electrons. The molecule has 0 saturated carbocycles. The van der Waals surface area contributed by atoms with E-state index < -0.39 is 26.4 Å². The summed E-state index contributed by atoms with van der Waals surface area (Å²) in [5.74, 6) is -0.440. The maximum absolute atomic E-state index is 12.9. The van der Waals surface area contributed by atoms with Crippen LogP contribution in [0.3, 0.4) is 0 Å². The maximum atomic E-state index is 12.9. The number of para-hydroxylation sites is 2. The lowest BCUT2D eigenvalue weighted by Gasteiger charge is -2.11. The molecule has 0 aliphatic heterocycles. The number of non-ortho nitro benzene ring substituents is 1. The zero-order chi connectivity index (χ0) is 22.6. The van der Waals surface area contributed by atoms with Gasteiger partial charge in [0.15, 0.2) is 9.84 Å². The molecule has 0 aliphatic carbocycles. The Morgan fingerprint density at radius 3 is 2.68 bits per heavy atom. The zero-order valence-electron chi connectivity index (χ0n) is 17.1. The molecule has 1 aromatic heterocycles. The van der Waals surface area contributed by atoms with E-state index in [1.807, 2.05) is 29.7 Å². The fourth-order valence-electron chi connectivity index (χ4n) is 3.07. The number of fused-ring (bicyclic) bond motifs is 1. The number of hydrogen-bond acceptors (Lipinski definition) is 7. The third-order valence-electron chi connectivity index (χ3n) is 4.55. The summed E-state index contributed by atoms with van der Waals surface area (Å²) < 4.78 is 31.0. The van der Waals surface area contributed by atoms with Crippen LogP contribution in [0, 0.1) is 10.1 Å². The Kier molecular flexibility index (Phi) is 6.66. The van der Waals surface area contributed by atoms with Gasteiger partial charge >= 0.3 is 0 Å². The van der Waals surface area contributed by atoms with E-state index in [-0.39, 0.29) is 16.4 Å². The van der Waals surface area contributed by atoms with E-state index in [9.17, 15) is 23.3 Å². The number of amides is 1. The number of aromatic nitrogens is 2. The van der Waals surface area contributed by atoms with E-state index in [0.29, 0.717) is 31.7 Å². The predicted octanol–water partition coefficient (Wildman–Crippen LogP) is 3.03. The number of aryl methyl sites for hydroxylation is 1. The Bertz CT molecular complexity index is 1240. The lowest BCUT2D eigenvalue weighted by atomic mass is 10.2. The Morgan fingerprint density at radius 2 is 2.00 bits per heavy atom. The van der Waals surface area contributed by atoms with Crippen LogP contribution >= 0.6 is 0 Å². The summed E-state index contributed by atoms with van der Waals surface area (Å²) in [5.41, 5.74) is 0.844. The van der Waals surface area contributed by atoms with Gasteiger partial charge in [0.1, 0.15) is 0 Å². The SMILES string of the molecule is CCOCCCn1c(NC(=O)c2cc([N+](=O)[O-])cc(S(C)(=O)=O)c2)nc2ccccc21. The van der Waals surface area contributed by atoms with E-state index in [4.69, 9.17) is 4.74 Å². The quantitative estimate of drug-likeness (QED) is 0.303. The summed E-state index contributed by atoms with van der Waals surface area (Å²) in [5, 5.41) is 13.9. The molecule has 31 heavy (non-hydrogen) atoms. The number of imidazole rings is 1. The molecule has 0 radical (unpaired) electrons. The summed E-state index contributed by atoms with van der Waals surface area (Å²) in [7, 11) is -3.75. The second kappa shape index (κ2) is 9.23. The van der Waals surface area contributed by atoms with Crippen molar-refractivity contribution in [3.63, 3.8) is 0 Å². The smallest absolute Gasteiger partial charge is 0.271 e. The van der Waals surface area contributed by atoms with Gasteiger partial charge in [-0.15, -0.1) is 0 Å². The van der Waals surface area contributed by atoms with Crippen LogP contribution in [-0.4, -0.2) is 48.3 Å². The Morgan fingerprint density at radius 1 is 1.26 bits per heavy atom. The van der Waals surface area contributed by atoms with Crippen molar-refractivity contribution < 1.29 is 22.9 Å². The first kappa shape index (κ1) is 22.4. The molecule has 1 amide bonds. The third-order valence-corrected chi connectivity index (χ3v) is 5.64. The van der Waals surface area contributed by atoms with Gasteiger partial charge in [0.2, 0.25) is 5.95 Å². The lowest BCUT2D eigenvalue weighted by molar-refractivity contribution is -0.385. The molecule has 1 heterocycles. The standard InChI is InChI=1S/C20H22N4O6S/c1-3-30-10-6-9-23-18-8-5-4-7-17(18)21-20(23)22-19(25)14-11-15(24(26)27)13-16(12-14)31(2,28)29/h4-5,7-8,11-13H,3,6,9-10H2,1-2H3,(H,21,22,25). The number of rotatable bonds is 9. The molecule has 2 aromatic carbocycles. The van der Waals surface area contributed by atoms with E-state index >= 15 is 0 Å². The highest BCUT2D eigenvalue weighted by molar-refractivity contribution is 7.90. The van der Waals surface area contributed by atoms with Gasteiger partial charge in [-0.1, -0.05) is 12.1 Å². The number of anilines is 1. The fraction of sp³-hybridized carbons (Fsp3) is 0.300. The number of ether oxygens (including phenoxy) is 1. The molecule has 0 aliphatic rings. The minimum absolute atomic E-state index is 0.150. The van der Waals surface area contributed by atoms with Gasteiger partial charge in [-0.3, -0.25) is 20.2 Å². The largest absolute Gasteiger partial charge is 0.382 e. The van der Waals surface area contributed by atoms with Crippen LogP contribution in [0.2, 0.25) is 0 Å². The predicted molar refractivity (Wildman–Crippen MR) is 115 cm³/mol. The molecule has 0 fully saturated rings. The van der Waals surface area contributed by atoms with Gasteiger partial charge in [-0.25, -0.2) is 13.4 Å². The van der Waals surface area contributed by atoms with Gasteiger partial charge in [0.25, 0.3) is 11.6 Å². The molecule has 0 spiro atoms. The van der Waals surface area contributed by atoms with Crippen LogP contribution in [0.1, 0.15) is 23.7 Å². The first-order chi connectivity index (χ1) is 14.7. The van der Waals surface area contributed by atoms with E-state index in [1.54, 1.807) is 6.07 Å². The highest BCUT2D eigenvalue weighted by Gasteiger charge is 2.21. The van der Waals surface area contributed by atoms with Gasteiger partial charge in [-0.2, -0.15) is 0 Å². The second-order valence-electron chi connectivity index (χ2n) is 6.83. The number of sulfone groups is 1.